The summed E-state index contributed by atoms with van der Waals surface area (Å²) < 4.78 is 7.55. The van der Waals surface area contributed by atoms with Crippen molar-refractivity contribution in [1.82, 2.24) is 14.5 Å². The van der Waals surface area contributed by atoms with Gasteiger partial charge in [-0.25, -0.2) is 4.98 Å². The normalized spacial score (nSPS) is 22.6. The number of hydrogen-bond donors (Lipinski definition) is 2. The summed E-state index contributed by atoms with van der Waals surface area (Å²) in [7, 11) is 0. The average molecular weight is 649 g/mol. The number of ether oxygens (including phenoxy) is 1. The fraction of sp³-hybridized carbons (Fsp3) is 0.447. The number of benzene rings is 1. The summed E-state index contributed by atoms with van der Waals surface area (Å²) in [6.07, 6.45) is 7.41. The molecule has 2 saturated heterocycles. The lowest BCUT2D eigenvalue weighted by Crippen LogP contribution is -2.56. The quantitative estimate of drug-likeness (QED) is 0.392. The van der Waals surface area contributed by atoms with Crippen molar-refractivity contribution in [3.05, 3.63) is 88.5 Å². The van der Waals surface area contributed by atoms with Crippen LogP contribution in [0, 0.1) is 11.3 Å². The number of aliphatic hydroxyl groups excluding tert-OH is 1. The number of allylic oxidation sites excluding steroid dienone is 4. The maximum absolute atomic E-state index is 13.9. The van der Waals surface area contributed by atoms with Gasteiger partial charge in [-0.15, -0.1) is 0 Å². The topological polar surface area (TPSA) is 103 Å². The molecule has 48 heavy (non-hydrogen) atoms. The van der Waals surface area contributed by atoms with Crippen molar-refractivity contribution in [3.63, 3.8) is 0 Å². The van der Waals surface area contributed by atoms with Gasteiger partial charge in [-0.3, -0.25) is 19.4 Å². The molecule has 250 valence electrons. The number of rotatable bonds is 7. The Kier molecular flexibility index (Phi) is 7.77. The van der Waals surface area contributed by atoms with Crippen molar-refractivity contribution in [3.8, 4) is 0 Å². The van der Waals surface area contributed by atoms with Gasteiger partial charge in [0.2, 0.25) is 0 Å². The molecule has 10 heteroatoms. The van der Waals surface area contributed by atoms with Crippen LogP contribution >= 0.6 is 0 Å². The van der Waals surface area contributed by atoms with Gasteiger partial charge in [0.05, 0.1) is 31.6 Å². The first kappa shape index (κ1) is 31.0. The monoisotopic (exact) mass is 648 g/mol. The number of carbonyl (C=O) groups excluding carboxylic acids is 2. The highest BCUT2D eigenvalue weighted by Gasteiger charge is 2.38. The SMILES string of the molecule is CC1C=C(c2ccnc(N3CCn4c(cc5c4CC(C)(C)C5)C3=O)c2CO)C=C(Nc2ccc(N3CCN(C4COC4)CC3)cc2)C1=O. The Bertz CT molecular complexity index is 1830. The highest BCUT2D eigenvalue weighted by molar-refractivity contribution is 6.08. The lowest BCUT2D eigenvalue weighted by atomic mass is 9.88. The van der Waals surface area contributed by atoms with Gasteiger partial charge in [-0.2, -0.15) is 0 Å². The van der Waals surface area contributed by atoms with Gasteiger partial charge >= 0.3 is 0 Å². The molecule has 0 bridgehead atoms. The molecular formula is C38H44N6O4. The number of carbonyl (C=O) groups is 2. The molecule has 5 aliphatic rings. The minimum absolute atomic E-state index is 0.00180. The van der Waals surface area contributed by atoms with E-state index in [9.17, 15) is 14.7 Å². The minimum Gasteiger partial charge on any atom is -0.392 e. The van der Waals surface area contributed by atoms with Crippen molar-refractivity contribution in [2.45, 2.75) is 52.8 Å². The van der Waals surface area contributed by atoms with Crippen molar-refractivity contribution in [2.24, 2.45) is 11.3 Å². The molecule has 3 aliphatic heterocycles. The smallest absolute Gasteiger partial charge is 0.276 e. The van der Waals surface area contributed by atoms with Crippen LogP contribution in [0.25, 0.3) is 5.57 Å². The van der Waals surface area contributed by atoms with Crippen LogP contribution in [0.5, 0.6) is 0 Å². The molecule has 1 atom stereocenters. The predicted octanol–water partition coefficient (Wildman–Crippen LogP) is 4.28. The van der Waals surface area contributed by atoms with Crippen molar-refractivity contribution in [2.75, 3.05) is 61.1 Å². The van der Waals surface area contributed by atoms with E-state index in [-0.39, 0.29) is 29.6 Å². The van der Waals surface area contributed by atoms with Crippen molar-refractivity contribution < 1.29 is 19.4 Å². The van der Waals surface area contributed by atoms with E-state index in [4.69, 9.17) is 4.74 Å². The van der Waals surface area contributed by atoms with Crippen molar-refractivity contribution in [1.29, 1.82) is 0 Å². The number of nitrogens with zero attached hydrogens (tertiary/aromatic N) is 5. The second kappa shape index (κ2) is 12.0. The van der Waals surface area contributed by atoms with E-state index in [1.807, 2.05) is 37.3 Å². The fourth-order valence-electron chi connectivity index (χ4n) is 8.07. The predicted molar refractivity (Wildman–Crippen MR) is 186 cm³/mol. The summed E-state index contributed by atoms with van der Waals surface area (Å²) in [4.78, 5) is 38.5. The Morgan fingerprint density at radius 1 is 1.00 bits per heavy atom. The molecule has 2 aromatic heterocycles. The summed E-state index contributed by atoms with van der Waals surface area (Å²) in [5.41, 5.74) is 8.12. The molecule has 10 nitrogen and oxygen atoms in total. The summed E-state index contributed by atoms with van der Waals surface area (Å²) >= 11 is 0. The van der Waals surface area contributed by atoms with Crippen LogP contribution in [0.15, 0.2) is 60.4 Å². The molecule has 2 aliphatic carbocycles. The molecule has 0 spiro atoms. The number of anilines is 3. The third-order valence-electron chi connectivity index (χ3n) is 10.8. The number of aromatic nitrogens is 2. The number of hydrogen-bond acceptors (Lipinski definition) is 8. The summed E-state index contributed by atoms with van der Waals surface area (Å²) in [5, 5.41) is 14.0. The molecule has 0 radical (unpaired) electrons. The van der Waals surface area contributed by atoms with Gasteiger partial charge in [0.25, 0.3) is 5.91 Å². The second-order valence-electron chi connectivity index (χ2n) is 14.7. The van der Waals surface area contributed by atoms with Crippen LogP contribution in [0.3, 0.4) is 0 Å². The number of ketones is 1. The number of nitrogens with one attached hydrogen (secondary N) is 1. The molecule has 1 aromatic carbocycles. The largest absolute Gasteiger partial charge is 0.392 e. The number of pyridine rings is 1. The molecule has 2 N–H and O–H groups in total. The van der Waals surface area contributed by atoms with Crippen LogP contribution in [0.1, 0.15) is 53.6 Å². The Morgan fingerprint density at radius 2 is 1.77 bits per heavy atom. The fourth-order valence-corrected chi connectivity index (χ4v) is 8.07. The number of Topliss-reactive ketones (excluding diaryl/α,β-unsaturated/α-hetero) is 1. The van der Waals surface area contributed by atoms with E-state index in [1.54, 1.807) is 11.1 Å². The lowest BCUT2D eigenvalue weighted by Gasteiger charge is -2.43. The third kappa shape index (κ3) is 5.45. The van der Waals surface area contributed by atoms with Crippen LogP contribution in [0.4, 0.5) is 17.2 Å². The molecule has 3 aromatic rings. The Labute approximate surface area is 281 Å². The zero-order valence-electron chi connectivity index (χ0n) is 28.0. The van der Waals surface area contributed by atoms with Gasteiger partial charge in [0.15, 0.2) is 5.78 Å². The van der Waals surface area contributed by atoms with E-state index in [0.717, 1.165) is 69.1 Å². The lowest BCUT2D eigenvalue weighted by molar-refractivity contribution is -0.117. The van der Waals surface area contributed by atoms with Gasteiger partial charge in [0.1, 0.15) is 11.5 Å². The zero-order chi connectivity index (χ0) is 33.2. The number of amides is 1. The van der Waals surface area contributed by atoms with Gasteiger partial charge in [0, 0.05) is 74.0 Å². The number of fused-ring (bicyclic) bond motifs is 3. The van der Waals surface area contributed by atoms with E-state index in [0.29, 0.717) is 41.9 Å². The first-order valence-corrected chi connectivity index (χ1v) is 17.2. The highest BCUT2D eigenvalue weighted by Crippen LogP contribution is 2.40. The molecule has 0 saturated carbocycles. The maximum atomic E-state index is 13.9. The summed E-state index contributed by atoms with van der Waals surface area (Å²) in [6.45, 7) is 13.1. The minimum atomic E-state index is -0.362. The molecule has 1 unspecified atom stereocenters. The molecule has 2 fully saturated rings. The molecule has 5 heterocycles. The van der Waals surface area contributed by atoms with E-state index in [2.05, 4.69) is 56.7 Å². The molecular weight excluding hydrogens is 604 g/mol. The van der Waals surface area contributed by atoms with E-state index in [1.165, 1.54) is 16.9 Å². The molecule has 8 rings (SSSR count). The average Bonchev–Trinajstić information content (AvgIpc) is 3.55. The zero-order valence-corrected chi connectivity index (χ0v) is 28.0. The second-order valence-corrected chi connectivity index (χ2v) is 14.7. The number of aliphatic hydroxyl groups is 1. The number of piperazine rings is 1. The highest BCUT2D eigenvalue weighted by atomic mass is 16.5. The first-order valence-electron chi connectivity index (χ1n) is 17.2. The van der Waals surface area contributed by atoms with E-state index < -0.39 is 0 Å². The van der Waals surface area contributed by atoms with Crippen molar-refractivity contribution >= 4 is 34.5 Å². The van der Waals surface area contributed by atoms with Crippen LogP contribution in [0.2, 0.25) is 0 Å². The van der Waals surface area contributed by atoms with Gasteiger partial charge in [-0.1, -0.05) is 26.8 Å². The van der Waals surface area contributed by atoms with Crippen LogP contribution < -0.4 is 15.1 Å². The van der Waals surface area contributed by atoms with Crippen LogP contribution in [-0.4, -0.2) is 83.2 Å². The van der Waals surface area contributed by atoms with Crippen LogP contribution in [-0.2, 0) is 35.5 Å². The third-order valence-corrected chi connectivity index (χ3v) is 10.8. The molecule has 1 amide bonds. The van der Waals surface area contributed by atoms with Gasteiger partial charge in [-0.05, 0) is 77.4 Å². The Hall–Kier alpha value is -4.25. The summed E-state index contributed by atoms with van der Waals surface area (Å²) in [6, 6.07) is 12.8. The van der Waals surface area contributed by atoms with E-state index >= 15 is 0 Å². The van der Waals surface area contributed by atoms with Gasteiger partial charge < -0.3 is 24.6 Å². The Balaban J connectivity index is 1.01. The maximum Gasteiger partial charge on any atom is 0.276 e. The summed E-state index contributed by atoms with van der Waals surface area (Å²) in [5.74, 6) is 0.0182. The Morgan fingerprint density at radius 3 is 2.48 bits per heavy atom. The first-order chi connectivity index (χ1) is 23.2. The standard InChI is InChI=1S/C38H44N6O4/c1-24-16-25(17-32(35(24)46)40-27-4-6-28(7-5-27)41-10-12-42(13-11-41)29-22-48-23-29)30-8-9-39-36(31(30)21-45)44-15-14-43-33(37(44)47)18-26-19-38(2,3)20-34(26)43/h4-9,16-18,24,29,40,45H,10-15,19-23H2,1-3H3.